The van der Waals surface area contributed by atoms with E-state index in [9.17, 15) is 9.59 Å². The number of nitrogens with one attached hydrogen (secondary N) is 1. The third-order valence-electron chi connectivity index (χ3n) is 3.93. The molecule has 2 aromatic carbocycles. The van der Waals surface area contributed by atoms with Gasteiger partial charge in [-0.15, -0.1) is 0 Å². The molecule has 0 saturated heterocycles. The highest BCUT2D eigenvalue weighted by molar-refractivity contribution is 6.02. The number of carbonyl (C=O) groups is 2. The van der Waals surface area contributed by atoms with Gasteiger partial charge in [0.15, 0.2) is 5.76 Å². The summed E-state index contributed by atoms with van der Waals surface area (Å²) in [5.74, 6) is 0.136. The number of fused-ring (bicyclic) bond motifs is 1. The molecular weight excluding hydrogens is 318 g/mol. The highest BCUT2D eigenvalue weighted by atomic mass is 16.5. The molecular formula is C19H19N3O3. The van der Waals surface area contributed by atoms with Crippen LogP contribution in [0.5, 0.6) is 0 Å². The van der Waals surface area contributed by atoms with E-state index in [0.717, 1.165) is 10.9 Å². The first-order valence-electron chi connectivity index (χ1n) is 7.94. The molecule has 6 nitrogen and oxygen atoms in total. The molecule has 6 heteroatoms. The first kappa shape index (κ1) is 16.7. The number of nitrogens with zero attached hydrogens (tertiary/aromatic N) is 2. The Kier molecular flexibility index (Phi) is 4.52. The first-order valence-corrected chi connectivity index (χ1v) is 7.94. The predicted octanol–water partition coefficient (Wildman–Crippen LogP) is 2.70. The zero-order valence-corrected chi connectivity index (χ0v) is 14.3. The summed E-state index contributed by atoms with van der Waals surface area (Å²) in [4.78, 5) is 25.8. The standard InChI is InChI=1S/C19H19N3O3/c1-12(19(24)22(2)3)20-18(23)14-9-10-16-15(11-14)17(25-21-16)13-7-5-4-6-8-13/h4-12H,1-3H3,(H,20,23). The van der Waals surface area contributed by atoms with Crippen LogP contribution in [0.25, 0.3) is 22.2 Å². The number of aromatic nitrogens is 1. The van der Waals surface area contributed by atoms with Crippen LogP contribution in [0.2, 0.25) is 0 Å². The van der Waals surface area contributed by atoms with Gasteiger partial charge in [0.05, 0.1) is 5.39 Å². The van der Waals surface area contributed by atoms with Crippen molar-refractivity contribution in [1.29, 1.82) is 0 Å². The highest BCUT2D eigenvalue weighted by Gasteiger charge is 2.19. The second-order valence-corrected chi connectivity index (χ2v) is 6.04. The Labute approximate surface area is 145 Å². The second-order valence-electron chi connectivity index (χ2n) is 6.04. The van der Waals surface area contributed by atoms with E-state index < -0.39 is 6.04 Å². The maximum Gasteiger partial charge on any atom is 0.251 e. The van der Waals surface area contributed by atoms with Crippen molar-refractivity contribution in [3.63, 3.8) is 0 Å². The molecule has 1 aromatic heterocycles. The van der Waals surface area contributed by atoms with E-state index >= 15 is 0 Å². The summed E-state index contributed by atoms with van der Waals surface area (Å²) < 4.78 is 5.44. The molecule has 2 amide bonds. The first-order chi connectivity index (χ1) is 12.0. The molecule has 3 aromatic rings. The fourth-order valence-corrected chi connectivity index (χ4v) is 2.61. The topological polar surface area (TPSA) is 75.4 Å². The van der Waals surface area contributed by atoms with E-state index in [0.29, 0.717) is 16.8 Å². The van der Waals surface area contributed by atoms with Crippen LogP contribution < -0.4 is 5.32 Å². The Balaban J connectivity index is 1.90. The minimum atomic E-state index is -0.603. The highest BCUT2D eigenvalue weighted by Crippen LogP contribution is 2.29. The molecule has 0 radical (unpaired) electrons. The van der Waals surface area contributed by atoms with Gasteiger partial charge in [0.1, 0.15) is 11.6 Å². The van der Waals surface area contributed by atoms with E-state index in [-0.39, 0.29) is 11.8 Å². The maximum atomic E-state index is 12.5. The summed E-state index contributed by atoms with van der Waals surface area (Å²) >= 11 is 0. The zero-order valence-electron chi connectivity index (χ0n) is 14.3. The molecule has 0 saturated carbocycles. The van der Waals surface area contributed by atoms with Crippen LogP contribution in [0.15, 0.2) is 53.1 Å². The molecule has 1 N–H and O–H groups in total. The second kappa shape index (κ2) is 6.76. The van der Waals surface area contributed by atoms with E-state index in [1.54, 1.807) is 39.2 Å². The number of rotatable bonds is 4. The summed E-state index contributed by atoms with van der Waals surface area (Å²) in [5, 5.41) is 7.51. The normalized spacial score (nSPS) is 12.0. The Bertz CT molecular complexity index is 916. The van der Waals surface area contributed by atoms with Crippen LogP contribution in [0.1, 0.15) is 17.3 Å². The van der Waals surface area contributed by atoms with Gasteiger partial charge in [0.2, 0.25) is 5.91 Å². The molecule has 1 heterocycles. The van der Waals surface area contributed by atoms with Crippen LogP contribution in [-0.2, 0) is 4.79 Å². The molecule has 0 aliphatic carbocycles. The van der Waals surface area contributed by atoms with Crippen LogP contribution in [0.3, 0.4) is 0 Å². The SMILES string of the molecule is CC(NC(=O)c1ccc2noc(-c3ccccc3)c2c1)C(=O)N(C)C. The molecule has 3 rings (SSSR count). The Hall–Kier alpha value is -3.15. The monoisotopic (exact) mass is 337 g/mol. The quantitative estimate of drug-likeness (QED) is 0.794. The molecule has 1 atom stereocenters. The fourth-order valence-electron chi connectivity index (χ4n) is 2.61. The maximum absolute atomic E-state index is 12.5. The van der Waals surface area contributed by atoms with E-state index in [2.05, 4.69) is 10.5 Å². The van der Waals surface area contributed by atoms with Gasteiger partial charge in [0.25, 0.3) is 5.91 Å². The van der Waals surface area contributed by atoms with E-state index in [1.807, 2.05) is 30.3 Å². The Morgan fingerprint density at radius 3 is 2.52 bits per heavy atom. The lowest BCUT2D eigenvalue weighted by Gasteiger charge is -2.18. The van der Waals surface area contributed by atoms with Gasteiger partial charge >= 0.3 is 0 Å². The minimum absolute atomic E-state index is 0.163. The number of hydrogen-bond donors (Lipinski definition) is 1. The summed E-state index contributed by atoms with van der Waals surface area (Å²) in [6, 6.07) is 14.1. The Morgan fingerprint density at radius 2 is 1.84 bits per heavy atom. The van der Waals surface area contributed by atoms with Gasteiger partial charge in [-0.3, -0.25) is 9.59 Å². The van der Waals surface area contributed by atoms with Crippen molar-refractivity contribution in [3.8, 4) is 11.3 Å². The van der Waals surface area contributed by atoms with Crippen molar-refractivity contribution in [2.45, 2.75) is 13.0 Å². The van der Waals surface area contributed by atoms with Crippen LogP contribution in [0, 0.1) is 0 Å². The van der Waals surface area contributed by atoms with Gasteiger partial charge in [-0.1, -0.05) is 35.5 Å². The molecule has 0 bridgehead atoms. The van der Waals surface area contributed by atoms with Crippen molar-refractivity contribution in [3.05, 3.63) is 54.1 Å². The third-order valence-corrected chi connectivity index (χ3v) is 3.93. The van der Waals surface area contributed by atoms with Crippen LogP contribution in [-0.4, -0.2) is 42.0 Å². The third kappa shape index (κ3) is 3.38. The van der Waals surface area contributed by atoms with Crippen molar-refractivity contribution in [1.82, 2.24) is 15.4 Å². The molecule has 1 unspecified atom stereocenters. The number of carbonyl (C=O) groups excluding carboxylic acids is 2. The summed E-state index contributed by atoms with van der Waals surface area (Å²) in [6.07, 6.45) is 0. The predicted molar refractivity (Wildman–Crippen MR) is 95.1 cm³/mol. The lowest BCUT2D eigenvalue weighted by Crippen LogP contribution is -2.44. The number of benzene rings is 2. The largest absolute Gasteiger partial charge is 0.355 e. The van der Waals surface area contributed by atoms with Crippen LogP contribution >= 0.6 is 0 Å². The average molecular weight is 337 g/mol. The average Bonchev–Trinajstić information content (AvgIpc) is 3.04. The number of amides is 2. The van der Waals surface area contributed by atoms with Gasteiger partial charge < -0.3 is 14.7 Å². The molecule has 0 aliphatic heterocycles. The van der Waals surface area contributed by atoms with Crippen LogP contribution in [0.4, 0.5) is 0 Å². The van der Waals surface area contributed by atoms with Crippen molar-refractivity contribution < 1.29 is 14.1 Å². The molecule has 0 aliphatic rings. The summed E-state index contributed by atoms with van der Waals surface area (Å²) in [5.41, 5.74) is 2.01. The van der Waals surface area contributed by atoms with Crippen molar-refractivity contribution in [2.24, 2.45) is 0 Å². The summed E-state index contributed by atoms with van der Waals surface area (Å²) in [6.45, 7) is 1.66. The molecule has 25 heavy (non-hydrogen) atoms. The van der Waals surface area contributed by atoms with Crippen molar-refractivity contribution >= 4 is 22.7 Å². The zero-order chi connectivity index (χ0) is 18.0. The number of likely N-dealkylation sites (N-methyl/N-ethyl adjacent to an activating group) is 1. The van der Waals surface area contributed by atoms with Gasteiger partial charge in [-0.2, -0.15) is 0 Å². The number of hydrogen-bond acceptors (Lipinski definition) is 4. The van der Waals surface area contributed by atoms with Crippen molar-refractivity contribution in [2.75, 3.05) is 14.1 Å². The fraction of sp³-hybridized carbons (Fsp3) is 0.211. The lowest BCUT2D eigenvalue weighted by atomic mass is 10.1. The van der Waals surface area contributed by atoms with Gasteiger partial charge in [-0.05, 0) is 25.1 Å². The minimum Gasteiger partial charge on any atom is -0.355 e. The molecule has 0 fully saturated rings. The van der Waals surface area contributed by atoms with E-state index in [4.69, 9.17) is 4.52 Å². The Morgan fingerprint density at radius 1 is 1.12 bits per heavy atom. The lowest BCUT2D eigenvalue weighted by molar-refractivity contribution is -0.130. The van der Waals surface area contributed by atoms with Gasteiger partial charge in [0, 0.05) is 25.2 Å². The smallest absolute Gasteiger partial charge is 0.251 e. The molecule has 0 spiro atoms. The van der Waals surface area contributed by atoms with E-state index in [1.165, 1.54) is 4.90 Å². The molecule has 128 valence electrons. The van der Waals surface area contributed by atoms with Gasteiger partial charge in [-0.25, -0.2) is 0 Å². The summed E-state index contributed by atoms with van der Waals surface area (Å²) in [7, 11) is 3.31.